The molecule has 0 fully saturated rings. The standard InChI is InChI=1S/C19H25NO4/c1-5-24-17(21)10-12-20-18(22)16-8-6-7-15(13-16)9-11-19(4,23)14(2)3/h6-8,13-14,23H,5,10,12H2,1-4H3,(H,20,22). The molecule has 5 nitrogen and oxygen atoms in total. The number of benzene rings is 1. The quantitative estimate of drug-likeness (QED) is 0.618. The Balaban J connectivity index is 2.70. The zero-order valence-electron chi connectivity index (χ0n) is 14.7. The van der Waals surface area contributed by atoms with Crippen molar-refractivity contribution in [3.05, 3.63) is 35.4 Å². The van der Waals surface area contributed by atoms with Crippen LogP contribution in [0.3, 0.4) is 0 Å². The Hall–Kier alpha value is -2.32. The predicted molar refractivity (Wildman–Crippen MR) is 92.4 cm³/mol. The third kappa shape index (κ3) is 6.43. The molecule has 0 aliphatic heterocycles. The van der Waals surface area contributed by atoms with Gasteiger partial charge in [0, 0.05) is 17.7 Å². The number of nitrogens with one attached hydrogen (secondary N) is 1. The molecule has 0 aliphatic rings. The number of hydrogen-bond acceptors (Lipinski definition) is 4. The van der Waals surface area contributed by atoms with Crippen LogP contribution in [0.1, 0.15) is 50.0 Å². The molecule has 1 aromatic carbocycles. The third-order valence-corrected chi connectivity index (χ3v) is 3.63. The summed E-state index contributed by atoms with van der Waals surface area (Å²) >= 11 is 0. The lowest BCUT2D eigenvalue weighted by Gasteiger charge is -2.20. The predicted octanol–water partition coefficient (Wildman–Crippen LogP) is 2.13. The van der Waals surface area contributed by atoms with E-state index in [0.29, 0.717) is 17.7 Å². The minimum atomic E-state index is -1.09. The summed E-state index contributed by atoms with van der Waals surface area (Å²) in [4.78, 5) is 23.3. The summed E-state index contributed by atoms with van der Waals surface area (Å²) in [5.41, 5.74) is 0.0153. The summed E-state index contributed by atoms with van der Waals surface area (Å²) in [6.07, 6.45) is 0.135. The Kier molecular flexibility index (Phi) is 7.47. The van der Waals surface area contributed by atoms with Crippen LogP contribution in [-0.4, -0.2) is 35.7 Å². The average molecular weight is 331 g/mol. The summed E-state index contributed by atoms with van der Waals surface area (Å²) in [5.74, 6) is 5.10. The molecule has 0 saturated heterocycles. The Morgan fingerprint density at radius 1 is 1.38 bits per heavy atom. The Bertz CT molecular complexity index is 638. The van der Waals surface area contributed by atoms with Gasteiger partial charge in [-0.2, -0.15) is 0 Å². The second kappa shape index (κ2) is 9.09. The molecule has 1 amide bonds. The number of carbonyl (C=O) groups is 2. The van der Waals surface area contributed by atoms with Crippen LogP contribution in [0.15, 0.2) is 24.3 Å². The lowest BCUT2D eigenvalue weighted by atomic mass is 9.93. The molecule has 0 heterocycles. The molecule has 5 heteroatoms. The third-order valence-electron chi connectivity index (χ3n) is 3.63. The van der Waals surface area contributed by atoms with E-state index in [-0.39, 0.29) is 30.8 Å². The fourth-order valence-corrected chi connectivity index (χ4v) is 1.69. The van der Waals surface area contributed by atoms with E-state index in [1.54, 1.807) is 38.1 Å². The topological polar surface area (TPSA) is 75.6 Å². The molecular weight excluding hydrogens is 306 g/mol. The van der Waals surface area contributed by atoms with Crippen LogP contribution in [0.4, 0.5) is 0 Å². The highest BCUT2D eigenvalue weighted by Crippen LogP contribution is 2.15. The zero-order chi connectivity index (χ0) is 18.2. The van der Waals surface area contributed by atoms with Crippen molar-refractivity contribution < 1.29 is 19.4 Å². The van der Waals surface area contributed by atoms with Crippen LogP contribution in [0.5, 0.6) is 0 Å². The first-order valence-electron chi connectivity index (χ1n) is 8.05. The van der Waals surface area contributed by atoms with E-state index >= 15 is 0 Å². The number of amides is 1. The summed E-state index contributed by atoms with van der Waals surface area (Å²) in [6.45, 7) is 7.73. The SMILES string of the molecule is CCOC(=O)CCNC(=O)c1cccc(C#CC(C)(O)C(C)C)c1. The molecule has 1 unspecified atom stereocenters. The van der Waals surface area contributed by atoms with E-state index in [1.807, 2.05) is 13.8 Å². The maximum Gasteiger partial charge on any atom is 0.307 e. The van der Waals surface area contributed by atoms with Gasteiger partial charge in [0.25, 0.3) is 5.91 Å². The first-order chi connectivity index (χ1) is 11.3. The van der Waals surface area contributed by atoms with Crippen molar-refractivity contribution in [1.29, 1.82) is 0 Å². The first kappa shape index (κ1) is 19.7. The van der Waals surface area contributed by atoms with Crippen molar-refractivity contribution in [3.8, 4) is 11.8 Å². The van der Waals surface area contributed by atoms with Gasteiger partial charge in [-0.15, -0.1) is 0 Å². The normalized spacial score (nSPS) is 12.8. The van der Waals surface area contributed by atoms with Crippen LogP contribution in [-0.2, 0) is 9.53 Å². The monoisotopic (exact) mass is 331 g/mol. The van der Waals surface area contributed by atoms with Crippen LogP contribution in [0, 0.1) is 17.8 Å². The van der Waals surface area contributed by atoms with Crippen molar-refractivity contribution in [2.45, 2.75) is 39.7 Å². The van der Waals surface area contributed by atoms with E-state index in [4.69, 9.17) is 4.74 Å². The molecule has 0 aliphatic carbocycles. The maximum atomic E-state index is 12.1. The van der Waals surface area contributed by atoms with Gasteiger partial charge in [0.2, 0.25) is 0 Å². The van der Waals surface area contributed by atoms with E-state index < -0.39 is 5.60 Å². The van der Waals surface area contributed by atoms with E-state index in [2.05, 4.69) is 17.2 Å². The first-order valence-corrected chi connectivity index (χ1v) is 8.05. The van der Waals surface area contributed by atoms with Gasteiger partial charge in [-0.25, -0.2) is 0 Å². The lowest BCUT2D eigenvalue weighted by Crippen LogP contribution is -2.28. The molecule has 0 saturated carbocycles. The van der Waals surface area contributed by atoms with Crippen molar-refractivity contribution in [3.63, 3.8) is 0 Å². The number of carbonyl (C=O) groups excluding carboxylic acids is 2. The minimum absolute atomic E-state index is 0.000595. The van der Waals surface area contributed by atoms with Crippen LogP contribution in [0.25, 0.3) is 0 Å². The molecular formula is C19H25NO4. The van der Waals surface area contributed by atoms with Crippen molar-refractivity contribution in [1.82, 2.24) is 5.32 Å². The molecule has 1 rings (SSSR count). The van der Waals surface area contributed by atoms with Gasteiger partial charge in [-0.05, 0) is 38.0 Å². The number of aliphatic hydroxyl groups is 1. The number of rotatable bonds is 6. The largest absolute Gasteiger partial charge is 0.466 e. The van der Waals surface area contributed by atoms with Gasteiger partial charge < -0.3 is 15.2 Å². The fourth-order valence-electron chi connectivity index (χ4n) is 1.69. The van der Waals surface area contributed by atoms with Gasteiger partial charge in [-0.1, -0.05) is 31.8 Å². The molecule has 130 valence electrons. The van der Waals surface area contributed by atoms with Gasteiger partial charge >= 0.3 is 5.97 Å². The molecule has 2 N–H and O–H groups in total. The average Bonchev–Trinajstić information content (AvgIpc) is 2.53. The summed E-state index contributed by atoms with van der Waals surface area (Å²) in [6, 6.07) is 6.84. The molecule has 0 aromatic heterocycles. The molecule has 24 heavy (non-hydrogen) atoms. The molecule has 0 spiro atoms. The summed E-state index contributed by atoms with van der Waals surface area (Å²) in [5, 5.41) is 12.8. The molecule has 1 aromatic rings. The fraction of sp³-hybridized carbons (Fsp3) is 0.474. The minimum Gasteiger partial charge on any atom is -0.466 e. The number of esters is 1. The highest BCUT2D eigenvalue weighted by molar-refractivity contribution is 5.94. The lowest BCUT2D eigenvalue weighted by molar-refractivity contribution is -0.142. The van der Waals surface area contributed by atoms with Crippen LogP contribution >= 0.6 is 0 Å². The maximum absolute atomic E-state index is 12.1. The van der Waals surface area contributed by atoms with Gasteiger partial charge in [0.1, 0.15) is 5.60 Å². The van der Waals surface area contributed by atoms with Crippen molar-refractivity contribution >= 4 is 11.9 Å². The van der Waals surface area contributed by atoms with Crippen molar-refractivity contribution in [2.24, 2.45) is 5.92 Å². The number of ether oxygens (including phenoxy) is 1. The highest BCUT2D eigenvalue weighted by atomic mass is 16.5. The van der Waals surface area contributed by atoms with E-state index in [1.165, 1.54) is 0 Å². The van der Waals surface area contributed by atoms with Crippen LogP contribution < -0.4 is 5.32 Å². The zero-order valence-corrected chi connectivity index (χ0v) is 14.7. The molecule has 1 atom stereocenters. The Morgan fingerprint density at radius 3 is 2.71 bits per heavy atom. The number of hydrogen-bond donors (Lipinski definition) is 2. The molecule has 0 bridgehead atoms. The molecule has 0 radical (unpaired) electrons. The Labute approximate surface area is 143 Å². The van der Waals surface area contributed by atoms with Crippen LogP contribution in [0.2, 0.25) is 0 Å². The van der Waals surface area contributed by atoms with Gasteiger partial charge in [-0.3, -0.25) is 9.59 Å². The van der Waals surface area contributed by atoms with E-state index in [9.17, 15) is 14.7 Å². The highest BCUT2D eigenvalue weighted by Gasteiger charge is 2.21. The van der Waals surface area contributed by atoms with E-state index in [0.717, 1.165) is 0 Å². The van der Waals surface area contributed by atoms with Gasteiger partial charge in [0.05, 0.1) is 13.0 Å². The Morgan fingerprint density at radius 2 is 2.08 bits per heavy atom. The van der Waals surface area contributed by atoms with Gasteiger partial charge in [0.15, 0.2) is 0 Å². The second-order valence-electron chi connectivity index (χ2n) is 5.94. The summed E-state index contributed by atoms with van der Waals surface area (Å²) in [7, 11) is 0. The summed E-state index contributed by atoms with van der Waals surface area (Å²) < 4.78 is 4.80. The second-order valence-corrected chi connectivity index (χ2v) is 5.94. The smallest absolute Gasteiger partial charge is 0.307 e. The van der Waals surface area contributed by atoms with Crippen molar-refractivity contribution in [2.75, 3.05) is 13.2 Å².